The summed E-state index contributed by atoms with van der Waals surface area (Å²) >= 11 is 0. The fourth-order valence-electron chi connectivity index (χ4n) is 3.41. The fourth-order valence-corrected chi connectivity index (χ4v) is 3.41. The van der Waals surface area contributed by atoms with E-state index in [2.05, 4.69) is 32.6 Å². The summed E-state index contributed by atoms with van der Waals surface area (Å²) in [5.41, 5.74) is 0. The number of nitrogens with zero attached hydrogens (tertiary/aromatic N) is 1. The fraction of sp³-hybridized carbons (Fsp3) is 1.00. The molecule has 0 aromatic carbocycles. The molecule has 0 radical (unpaired) electrons. The minimum Gasteiger partial charge on any atom is -0.393 e. The van der Waals surface area contributed by atoms with Crippen LogP contribution in [0.5, 0.6) is 0 Å². The lowest BCUT2D eigenvalue weighted by molar-refractivity contribution is -0.0133. The summed E-state index contributed by atoms with van der Waals surface area (Å²) < 4.78 is 5.24. The summed E-state index contributed by atoms with van der Waals surface area (Å²) in [5.74, 6) is 1.70. The van der Waals surface area contributed by atoms with Gasteiger partial charge in [-0.05, 0) is 38.1 Å². The SMILES string of the molecule is CCN(CC1C(C)CC(C)CC1O)C(C)COC. The quantitative estimate of drug-likeness (QED) is 0.793. The molecule has 3 heteroatoms. The predicted molar refractivity (Wildman–Crippen MR) is 75.6 cm³/mol. The van der Waals surface area contributed by atoms with Crippen molar-refractivity contribution in [3.63, 3.8) is 0 Å². The number of aliphatic hydroxyl groups excluding tert-OH is 1. The molecule has 0 aromatic heterocycles. The molecule has 18 heavy (non-hydrogen) atoms. The minimum atomic E-state index is -0.132. The molecule has 0 spiro atoms. The molecule has 1 saturated carbocycles. The summed E-state index contributed by atoms with van der Waals surface area (Å²) in [5, 5.41) is 10.3. The molecule has 0 saturated heterocycles. The van der Waals surface area contributed by atoms with Crippen LogP contribution in [0, 0.1) is 17.8 Å². The highest BCUT2D eigenvalue weighted by Gasteiger charge is 2.34. The van der Waals surface area contributed by atoms with E-state index in [1.165, 1.54) is 6.42 Å². The van der Waals surface area contributed by atoms with E-state index in [1.807, 2.05) is 0 Å². The molecule has 3 nitrogen and oxygen atoms in total. The maximum Gasteiger partial charge on any atom is 0.0615 e. The summed E-state index contributed by atoms with van der Waals surface area (Å²) in [6.07, 6.45) is 2.08. The Balaban J connectivity index is 2.57. The molecule has 0 amide bonds. The van der Waals surface area contributed by atoms with E-state index in [-0.39, 0.29) is 6.10 Å². The number of methoxy groups -OCH3 is 1. The number of rotatable bonds is 6. The van der Waals surface area contributed by atoms with Crippen molar-refractivity contribution in [3.8, 4) is 0 Å². The zero-order chi connectivity index (χ0) is 13.7. The lowest BCUT2D eigenvalue weighted by Gasteiger charge is -2.41. The zero-order valence-electron chi connectivity index (χ0n) is 12.7. The van der Waals surface area contributed by atoms with Crippen LogP contribution in [0.2, 0.25) is 0 Å². The first kappa shape index (κ1) is 15.9. The van der Waals surface area contributed by atoms with Crippen LogP contribution >= 0.6 is 0 Å². The maximum absolute atomic E-state index is 10.3. The first-order valence-corrected chi connectivity index (χ1v) is 7.40. The van der Waals surface area contributed by atoms with E-state index >= 15 is 0 Å². The van der Waals surface area contributed by atoms with Crippen molar-refractivity contribution in [2.24, 2.45) is 17.8 Å². The van der Waals surface area contributed by atoms with Gasteiger partial charge in [-0.25, -0.2) is 0 Å². The average molecular weight is 257 g/mol. The van der Waals surface area contributed by atoms with Crippen molar-refractivity contribution in [2.45, 2.75) is 52.7 Å². The van der Waals surface area contributed by atoms with Gasteiger partial charge in [0.15, 0.2) is 0 Å². The normalized spacial score (nSPS) is 34.8. The molecular formula is C15H31NO2. The van der Waals surface area contributed by atoms with Crippen LogP contribution in [-0.4, -0.2) is 49.0 Å². The molecule has 1 fully saturated rings. The van der Waals surface area contributed by atoms with Gasteiger partial charge in [0.05, 0.1) is 12.7 Å². The summed E-state index contributed by atoms with van der Waals surface area (Å²) in [4.78, 5) is 2.43. The Hall–Kier alpha value is -0.120. The van der Waals surface area contributed by atoms with E-state index in [1.54, 1.807) is 7.11 Å². The second-order valence-electron chi connectivity index (χ2n) is 6.18. The Morgan fingerprint density at radius 2 is 2.00 bits per heavy atom. The minimum absolute atomic E-state index is 0.132. The molecule has 1 aliphatic carbocycles. The third-order valence-electron chi connectivity index (χ3n) is 4.53. The van der Waals surface area contributed by atoms with Gasteiger partial charge in [-0.2, -0.15) is 0 Å². The van der Waals surface area contributed by atoms with Crippen LogP contribution < -0.4 is 0 Å². The molecule has 108 valence electrons. The number of aliphatic hydroxyl groups is 1. The Morgan fingerprint density at radius 3 is 2.50 bits per heavy atom. The van der Waals surface area contributed by atoms with Gasteiger partial charge < -0.3 is 9.84 Å². The van der Waals surface area contributed by atoms with Crippen molar-refractivity contribution in [1.82, 2.24) is 4.90 Å². The van der Waals surface area contributed by atoms with Gasteiger partial charge in [-0.1, -0.05) is 20.8 Å². The second-order valence-corrected chi connectivity index (χ2v) is 6.18. The Labute approximate surface area is 113 Å². The number of hydrogen-bond acceptors (Lipinski definition) is 3. The third kappa shape index (κ3) is 4.22. The summed E-state index contributed by atoms with van der Waals surface area (Å²) in [6.45, 7) is 11.7. The van der Waals surface area contributed by atoms with E-state index in [9.17, 15) is 5.11 Å². The Kier molecular flexibility index (Phi) is 6.61. The highest BCUT2D eigenvalue weighted by atomic mass is 16.5. The zero-order valence-corrected chi connectivity index (χ0v) is 12.7. The van der Waals surface area contributed by atoms with Gasteiger partial charge in [0.25, 0.3) is 0 Å². The number of hydrogen-bond donors (Lipinski definition) is 1. The van der Waals surface area contributed by atoms with Crippen molar-refractivity contribution in [1.29, 1.82) is 0 Å². The lowest BCUT2D eigenvalue weighted by Crippen LogP contribution is -2.46. The first-order valence-electron chi connectivity index (χ1n) is 7.40. The Bertz CT molecular complexity index is 223. The van der Waals surface area contributed by atoms with Crippen molar-refractivity contribution < 1.29 is 9.84 Å². The highest BCUT2D eigenvalue weighted by Crippen LogP contribution is 2.34. The molecule has 1 aliphatic rings. The van der Waals surface area contributed by atoms with Gasteiger partial charge in [0.1, 0.15) is 0 Å². The van der Waals surface area contributed by atoms with Crippen molar-refractivity contribution in [3.05, 3.63) is 0 Å². The molecule has 1 rings (SSSR count). The lowest BCUT2D eigenvalue weighted by atomic mass is 9.73. The topological polar surface area (TPSA) is 32.7 Å². The highest BCUT2D eigenvalue weighted by molar-refractivity contribution is 4.85. The van der Waals surface area contributed by atoms with Crippen molar-refractivity contribution in [2.75, 3.05) is 26.8 Å². The van der Waals surface area contributed by atoms with E-state index in [4.69, 9.17) is 4.74 Å². The average Bonchev–Trinajstić information content (AvgIpc) is 2.28. The van der Waals surface area contributed by atoms with Crippen LogP contribution in [0.1, 0.15) is 40.5 Å². The molecular weight excluding hydrogens is 226 g/mol. The number of likely N-dealkylation sites (N-methyl/N-ethyl adjacent to an activating group) is 1. The van der Waals surface area contributed by atoms with Crippen LogP contribution in [0.15, 0.2) is 0 Å². The number of ether oxygens (including phenoxy) is 1. The second kappa shape index (κ2) is 7.46. The van der Waals surface area contributed by atoms with Crippen LogP contribution in [0.25, 0.3) is 0 Å². The molecule has 0 bridgehead atoms. The van der Waals surface area contributed by atoms with Crippen LogP contribution in [0.3, 0.4) is 0 Å². The van der Waals surface area contributed by atoms with Gasteiger partial charge in [0, 0.05) is 25.6 Å². The van der Waals surface area contributed by atoms with Gasteiger partial charge >= 0.3 is 0 Å². The molecule has 0 heterocycles. The third-order valence-corrected chi connectivity index (χ3v) is 4.53. The smallest absolute Gasteiger partial charge is 0.0615 e. The maximum atomic E-state index is 10.3. The summed E-state index contributed by atoms with van der Waals surface area (Å²) in [6, 6.07) is 0.429. The van der Waals surface area contributed by atoms with E-state index in [0.717, 1.165) is 26.1 Å². The van der Waals surface area contributed by atoms with E-state index < -0.39 is 0 Å². The standard InChI is InChI=1S/C15H31NO2/c1-6-16(13(4)10-18-5)9-14-12(3)7-11(2)8-15(14)17/h11-15,17H,6-10H2,1-5H3. The van der Waals surface area contributed by atoms with Gasteiger partial charge in [-0.15, -0.1) is 0 Å². The monoisotopic (exact) mass is 257 g/mol. The molecule has 5 atom stereocenters. The van der Waals surface area contributed by atoms with E-state index in [0.29, 0.717) is 23.8 Å². The molecule has 5 unspecified atom stereocenters. The largest absolute Gasteiger partial charge is 0.393 e. The predicted octanol–water partition coefficient (Wildman–Crippen LogP) is 2.39. The first-order chi connectivity index (χ1) is 8.49. The van der Waals surface area contributed by atoms with Gasteiger partial charge in [-0.3, -0.25) is 4.90 Å². The molecule has 0 aliphatic heterocycles. The van der Waals surface area contributed by atoms with Crippen LogP contribution in [0.4, 0.5) is 0 Å². The Morgan fingerprint density at radius 1 is 1.33 bits per heavy atom. The van der Waals surface area contributed by atoms with Crippen molar-refractivity contribution >= 4 is 0 Å². The molecule has 1 N–H and O–H groups in total. The summed E-state index contributed by atoms with van der Waals surface area (Å²) in [7, 11) is 1.75. The van der Waals surface area contributed by atoms with Crippen LogP contribution in [-0.2, 0) is 4.74 Å². The van der Waals surface area contributed by atoms with Gasteiger partial charge in [0.2, 0.25) is 0 Å². The molecule has 0 aromatic rings.